The Kier molecular flexibility index (Phi) is 8.30. The van der Waals surface area contributed by atoms with Crippen molar-refractivity contribution < 1.29 is 14.3 Å². The average molecular weight is 344 g/mol. The molecule has 1 rings (SSSR count). The number of hydrogen-bond donors (Lipinski definition) is 1. The van der Waals surface area contributed by atoms with Crippen LogP contribution in [0.1, 0.15) is 18.4 Å². The first-order valence-corrected chi connectivity index (χ1v) is 7.79. The van der Waals surface area contributed by atoms with Crippen molar-refractivity contribution in [3.8, 4) is 5.75 Å². The molecule has 0 radical (unpaired) electrons. The lowest BCUT2D eigenvalue weighted by atomic mass is 10.1. The van der Waals surface area contributed by atoms with Gasteiger partial charge in [0, 0.05) is 18.9 Å². The number of carbonyl (C=O) groups excluding carboxylic acids is 1. The van der Waals surface area contributed by atoms with Gasteiger partial charge in [-0.1, -0.05) is 28.1 Å². The van der Waals surface area contributed by atoms with Crippen molar-refractivity contribution in [3.63, 3.8) is 0 Å². The third-order valence-corrected chi connectivity index (χ3v) is 3.45. The number of halogens is 1. The molecule has 1 aromatic rings. The Morgan fingerprint density at radius 2 is 2.00 bits per heavy atom. The summed E-state index contributed by atoms with van der Waals surface area (Å²) < 4.78 is 10.2. The lowest BCUT2D eigenvalue weighted by Crippen LogP contribution is -2.38. The van der Waals surface area contributed by atoms with E-state index in [2.05, 4.69) is 21.2 Å². The van der Waals surface area contributed by atoms with Gasteiger partial charge in [-0.25, -0.2) is 0 Å². The van der Waals surface area contributed by atoms with Crippen LogP contribution in [0.5, 0.6) is 5.75 Å². The van der Waals surface area contributed by atoms with Gasteiger partial charge in [-0.2, -0.15) is 0 Å². The highest BCUT2D eigenvalue weighted by Gasteiger charge is 2.11. The highest BCUT2D eigenvalue weighted by atomic mass is 79.9. The van der Waals surface area contributed by atoms with Crippen molar-refractivity contribution in [1.29, 1.82) is 0 Å². The van der Waals surface area contributed by atoms with Crippen molar-refractivity contribution in [2.75, 3.05) is 26.2 Å². The van der Waals surface area contributed by atoms with Gasteiger partial charge < -0.3 is 14.8 Å². The molecule has 0 fully saturated rings. The van der Waals surface area contributed by atoms with Crippen LogP contribution >= 0.6 is 15.9 Å². The van der Waals surface area contributed by atoms with E-state index in [-0.39, 0.29) is 11.9 Å². The summed E-state index contributed by atoms with van der Waals surface area (Å²) in [5.41, 5.74) is 1.13. The molecule has 0 bridgehead atoms. The fourth-order valence-electron chi connectivity index (χ4n) is 1.88. The molecule has 112 valence electrons. The van der Waals surface area contributed by atoms with Crippen molar-refractivity contribution in [1.82, 2.24) is 5.32 Å². The summed E-state index contributed by atoms with van der Waals surface area (Å²) in [6, 6.07) is 7.86. The molecular weight excluding hydrogens is 322 g/mol. The lowest BCUT2D eigenvalue weighted by molar-refractivity contribution is -0.122. The van der Waals surface area contributed by atoms with E-state index in [9.17, 15) is 4.79 Å². The van der Waals surface area contributed by atoms with E-state index < -0.39 is 0 Å². The summed E-state index contributed by atoms with van der Waals surface area (Å²) in [5, 5.41) is 3.84. The number of rotatable bonds is 9. The number of ether oxygens (including phenoxy) is 2. The van der Waals surface area contributed by atoms with Crippen LogP contribution in [0.2, 0.25) is 0 Å². The molecule has 1 unspecified atom stereocenters. The van der Waals surface area contributed by atoms with Crippen LogP contribution in [0, 0.1) is 0 Å². The zero-order valence-corrected chi connectivity index (χ0v) is 13.6. The maximum atomic E-state index is 11.9. The van der Waals surface area contributed by atoms with Crippen LogP contribution in [-0.4, -0.2) is 38.1 Å². The zero-order valence-electron chi connectivity index (χ0n) is 12.0. The van der Waals surface area contributed by atoms with Crippen LogP contribution < -0.4 is 10.1 Å². The first-order chi connectivity index (χ1) is 9.69. The minimum Gasteiger partial charge on any atom is -0.497 e. The van der Waals surface area contributed by atoms with Crippen molar-refractivity contribution in [3.05, 3.63) is 29.8 Å². The second-order valence-electron chi connectivity index (χ2n) is 4.55. The Morgan fingerprint density at radius 3 is 2.55 bits per heavy atom. The Morgan fingerprint density at radius 1 is 1.30 bits per heavy atom. The molecule has 0 spiro atoms. The molecule has 0 saturated heterocycles. The molecule has 0 saturated carbocycles. The van der Waals surface area contributed by atoms with Gasteiger partial charge in [0.15, 0.2) is 0 Å². The molecule has 1 amide bonds. The monoisotopic (exact) mass is 343 g/mol. The second kappa shape index (κ2) is 9.77. The fourth-order valence-corrected chi connectivity index (χ4v) is 2.43. The summed E-state index contributed by atoms with van der Waals surface area (Å²) in [4.78, 5) is 11.9. The number of hydrogen-bond acceptors (Lipinski definition) is 3. The van der Waals surface area contributed by atoms with Gasteiger partial charge in [0.1, 0.15) is 5.75 Å². The second-order valence-corrected chi connectivity index (χ2v) is 5.34. The van der Waals surface area contributed by atoms with Gasteiger partial charge in [-0.3, -0.25) is 4.79 Å². The Hall–Kier alpha value is -1.07. The summed E-state index contributed by atoms with van der Waals surface area (Å²) in [7, 11) is 3.28. The van der Waals surface area contributed by atoms with Crippen LogP contribution in [0.4, 0.5) is 0 Å². The predicted octanol–water partition coefficient (Wildman–Crippen LogP) is 2.54. The molecule has 0 aliphatic carbocycles. The normalized spacial score (nSPS) is 11.9. The first-order valence-electron chi connectivity index (χ1n) is 6.66. The smallest absolute Gasteiger partial charge is 0.220 e. The Labute approximate surface area is 129 Å². The molecule has 0 aromatic heterocycles. The van der Waals surface area contributed by atoms with E-state index in [1.807, 2.05) is 24.3 Å². The highest BCUT2D eigenvalue weighted by Crippen LogP contribution is 2.12. The summed E-state index contributed by atoms with van der Waals surface area (Å²) in [6.45, 7) is 0.542. The summed E-state index contributed by atoms with van der Waals surface area (Å²) in [6.07, 6.45) is 2.07. The molecule has 1 aromatic carbocycles. The largest absolute Gasteiger partial charge is 0.497 e. The van der Waals surface area contributed by atoms with Gasteiger partial charge in [-0.05, 0) is 30.5 Å². The van der Waals surface area contributed by atoms with Gasteiger partial charge in [-0.15, -0.1) is 0 Å². The minimum atomic E-state index is 0.0591. The minimum absolute atomic E-state index is 0.0591. The van der Waals surface area contributed by atoms with E-state index in [1.165, 1.54) is 0 Å². The molecule has 20 heavy (non-hydrogen) atoms. The fraction of sp³-hybridized carbons (Fsp3) is 0.533. The molecule has 0 aliphatic rings. The molecule has 4 nitrogen and oxygen atoms in total. The molecule has 1 atom stereocenters. The van der Waals surface area contributed by atoms with Gasteiger partial charge in [0.2, 0.25) is 5.91 Å². The zero-order chi connectivity index (χ0) is 14.8. The number of benzene rings is 1. The van der Waals surface area contributed by atoms with Crippen LogP contribution in [0.15, 0.2) is 24.3 Å². The topological polar surface area (TPSA) is 47.6 Å². The number of methoxy groups -OCH3 is 2. The number of amides is 1. The van der Waals surface area contributed by atoms with E-state index >= 15 is 0 Å². The predicted molar refractivity (Wildman–Crippen MR) is 83.5 cm³/mol. The van der Waals surface area contributed by atoms with Gasteiger partial charge in [0.05, 0.1) is 19.8 Å². The number of aryl methyl sites for hydroxylation is 1. The number of alkyl halides is 1. The lowest BCUT2D eigenvalue weighted by Gasteiger charge is -2.16. The van der Waals surface area contributed by atoms with Crippen LogP contribution in [0.3, 0.4) is 0 Å². The van der Waals surface area contributed by atoms with E-state index in [1.54, 1.807) is 14.2 Å². The number of nitrogens with one attached hydrogen (secondary N) is 1. The molecule has 1 N–H and O–H groups in total. The molecule has 5 heteroatoms. The number of carbonyl (C=O) groups is 1. The van der Waals surface area contributed by atoms with E-state index in [4.69, 9.17) is 9.47 Å². The molecule has 0 heterocycles. The third kappa shape index (κ3) is 6.39. The highest BCUT2D eigenvalue weighted by molar-refractivity contribution is 9.09. The SMILES string of the molecule is COCC(CCBr)NC(=O)CCc1ccc(OC)cc1. The van der Waals surface area contributed by atoms with Gasteiger partial charge >= 0.3 is 0 Å². The van der Waals surface area contributed by atoms with Gasteiger partial charge in [0.25, 0.3) is 0 Å². The Bertz CT molecular complexity index is 389. The molecule has 0 aliphatic heterocycles. The summed E-state index contributed by atoms with van der Waals surface area (Å²) >= 11 is 3.38. The standard InChI is InChI=1S/C15H22BrNO3/c1-19-11-13(9-10-16)17-15(18)8-5-12-3-6-14(20-2)7-4-12/h3-4,6-7,13H,5,8-11H2,1-2H3,(H,17,18). The van der Waals surface area contributed by atoms with Crippen LogP contribution in [0.25, 0.3) is 0 Å². The van der Waals surface area contributed by atoms with E-state index in [0.29, 0.717) is 13.0 Å². The maximum Gasteiger partial charge on any atom is 0.220 e. The van der Waals surface area contributed by atoms with Crippen molar-refractivity contribution in [2.45, 2.75) is 25.3 Å². The van der Waals surface area contributed by atoms with Crippen LogP contribution in [-0.2, 0) is 16.0 Å². The van der Waals surface area contributed by atoms with Crippen molar-refractivity contribution >= 4 is 21.8 Å². The third-order valence-electron chi connectivity index (χ3n) is 2.99. The van der Waals surface area contributed by atoms with E-state index in [0.717, 1.165) is 29.5 Å². The molecular formula is C15H22BrNO3. The Balaban J connectivity index is 2.37. The average Bonchev–Trinajstić information content (AvgIpc) is 2.46. The van der Waals surface area contributed by atoms with Crippen molar-refractivity contribution in [2.24, 2.45) is 0 Å². The quantitative estimate of drug-likeness (QED) is 0.701. The summed E-state index contributed by atoms with van der Waals surface area (Å²) in [5.74, 6) is 0.888. The maximum absolute atomic E-state index is 11.9. The first kappa shape index (κ1) is 17.0.